The minimum Gasteiger partial charge on any atom is -0.478 e. The van der Waals surface area contributed by atoms with E-state index in [1.807, 2.05) is 31.2 Å². The molecule has 0 saturated carbocycles. The smallest absolute Gasteiger partial charge is 0.335 e. The van der Waals surface area contributed by atoms with E-state index in [0.717, 1.165) is 16.6 Å². The van der Waals surface area contributed by atoms with Crippen LogP contribution in [0.15, 0.2) is 54.6 Å². The number of nitrogens with one attached hydrogen (secondary N) is 1. The van der Waals surface area contributed by atoms with Crippen LogP contribution in [0, 0.1) is 6.92 Å². The Labute approximate surface area is 132 Å². The van der Waals surface area contributed by atoms with Gasteiger partial charge in [0.2, 0.25) is 0 Å². The van der Waals surface area contributed by atoms with E-state index in [1.54, 1.807) is 6.07 Å². The van der Waals surface area contributed by atoms with Crippen LogP contribution in [0.3, 0.4) is 0 Å². The number of pyridine rings is 1. The largest absolute Gasteiger partial charge is 0.478 e. The number of hydrogen-bond donors (Lipinski definition) is 2. The molecule has 0 bridgehead atoms. The van der Waals surface area contributed by atoms with Gasteiger partial charge in [0.1, 0.15) is 0 Å². The molecule has 114 valence electrons. The van der Waals surface area contributed by atoms with Gasteiger partial charge in [0.15, 0.2) is 0 Å². The molecule has 0 radical (unpaired) electrons. The van der Waals surface area contributed by atoms with Gasteiger partial charge in [-0.1, -0.05) is 18.2 Å². The Balaban J connectivity index is 1.91. The molecule has 1 heterocycles. The first-order valence-corrected chi connectivity index (χ1v) is 7.06. The molecule has 2 aromatic carbocycles. The summed E-state index contributed by atoms with van der Waals surface area (Å²) in [6, 6.07) is 15.2. The summed E-state index contributed by atoms with van der Waals surface area (Å²) in [5.41, 5.74) is 2.75. The average molecular weight is 306 g/mol. The fourth-order valence-corrected chi connectivity index (χ4v) is 2.30. The molecule has 5 nitrogen and oxygen atoms in total. The molecule has 1 amide bonds. The number of aromatic carboxylic acids is 1. The van der Waals surface area contributed by atoms with Gasteiger partial charge in [-0.3, -0.25) is 9.78 Å². The van der Waals surface area contributed by atoms with Gasteiger partial charge in [-0.25, -0.2) is 4.79 Å². The molecule has 0 aliphatic rings. The van der Waals surface area contributed by atoms with Gasteiger partial charge in [0.25, 0.3) is 5.91 Å². The summed E-state index contributed by atoms with van der Waals surface area (Å²) < 4.78 is 0. The molecule has 0 aliphatic heterocycles. The van der Waals surface area contributed by atoms with Crippen molar-refractivity contribution in [1.82, 2.24) is 4.98 Å². The van der Waals surface area contributed by atoms with Crippen LogP contribution in [0.1, 0.15) is 26.4 Å². The summed E-state index contributed by atoms with van der Waals surface area (Å²) in [4.78, 5) is 27.6. The molecular formula is C18H14N2O3. The molecule has 23 heavy (non-hydrogen) atoms. The minimum atomic E-state index is -1.02. The third kappa shape index (κ3) is 3.03. The summed E-state index contributed by atoms with van der Waals surface area (Å²) in [7, 11) is 0. The van der Waals surface area contributed by atoms with Crippen LogP contribution in [-0.4, -0.2) is 22.0 Å². The standard InChI is InChI=1S/C18H14N2O3/c1-11-5-6-12-3-2-4-15(16(12)19-11)20-17(21)13-7-9-14(10-8-13)18(22)23/h2-10H,1H3,(H,20,21)(H,22,23). The maximum Gasteiger partial charge on any atom is 0.335 e. The second kappa shape index (κ2) is 5.88. The Kier molecular flexibility index (Phi) is 3.76. The number of fused-ring (bicyclic) bond motifs is 1. The highest BCUT2D eigenvalue weighted by atomic mass is 16.4. The summed E-state index contributed by atoms with van der Waals surface area (Å²) >= 11 is 0. The quantitative estimate of drug-likeness (QED) is 0.776. The number of rotatable bonds is 3. The van der Waals surface area contributed by atoms with Crippen molar-refractivity contribution < 1.29 is 14.7 Å². The molecule has 0 unspecified atom stereocenters. The molecule has 2 N–H and O–H groups in total. The van der Waals surface area contributed by atoms with Crippen molar-refractivity contribution in [2.75, 3.05) is 5.32 Å². The lowest BCUT2D eigenvalue weighted by Crippen LogP contribution is -2.12. The van der Waals surface area contributed by atoms with E-state index in [4.69, 9.17) is 5.11 Å². The highest BCUT2D eigenvalue weighted by Gasteiger charge is 2.10. The normalized spacial score (nSPS) is 10.5. The molecule has 0 fully saturated rings. The van der Waals surface area contributed by atoms with Crippen molar-refractivity contribution in [2.45, 2.75) is 6.92 Å². The predicted molar refractivity (Wildman–Crippen MR) is 87.8 cm³/mol. The number of nitrogens with zero attached hydrogens (tertiary/aromatic N) is 1. The van der Waals surface area contributed by atoms with Crippen LogP contribution in [0.5, 0.6) is 0 Å². The van der Waals surface area contributed by atoms with Crippen LogP contribution in [-0.2, 0) is 0 Å². The van der Waals surface area contributed by atoms with E-state index in [2.05, 4.69) is 10.3 Å². The summed E-state index contributed by atoms with van der Waals surface area (Å²) in [5, 5.41) is 12.7. The first-order chi connectivity index (χ1) is 11.0. The molecule has 0 saturated heterocycles. The highest BCUT2D eigenvalue weighted by molar-refractivity contribution is 6.08. The lowest BCUT2D eigenvalue weighted by molar-refractivity contribution is 0.0696. The van der Waals surface area contributed by atoms with E-state index in [0.29, 0.717) is 11.3 Å². The lowest BCUT2D eigenvalue weighted by Gasteiger charge is -2.09. The van der Waals surface area contributed by atoms with Crippen molar-refractivity contribution in [2.24, 2.45) is 0 Å². The number of carbonyl (C=O) groups is 2. The molecule has 5 heteroatoms. The number of aromatic nitrogens is 1. The molecule has 0 spiro atoms. The van der Waals surface area contributed by atoms with Gasteiger partial charge in [-0.05, 0) is 43.3 Å². The fraction of sp³-hybridized carbons (Fsp3) is 0.0556. The van der Waals surface area contributed by atoms with Crippen molar-refractivity contribution in [3.63, 3.8) is 0 Å². The second-order valence-corrected chi connectivity index (χ2v) is 5.17. The molecule has 0 aliphatic carbocycles. The Morgan fingerprint density at radius 2 is 1.65 bits per heavy atom. The minimum absolute atomic E-state index is 0.143. The zero-order chi connectivity index (χ0) is 16.4. The van der Waals surface area contributed by atoms with E-state index in [-0.39, 0.29) is 11.5 Å². The maximum absolute atomic E-state index is 12.3. The maximum atomic E-state index is 12.3. The number of carboxylic acid groups (broad SMARTS) is 1. The molecule has 3 rings (SSSR count). The SMILES string of the molecule is Cc1ccc2cccc(NC(=O)c3ccc(C(=O)O)cc3)c2n1. The Morgan fingerprint density at radius 3 is 2.35 bits per heavy atom. The third-order valence-corrected chi connectivity index (χ3v) is 3.50. The van der Waals surface area contributed by atoms with Crippen LogP contribution in [0.4, 0.5) is 5.69 Å². The predicted octanol–water partition coefficient (Wildman–Crippen LogP) is 3.49. The van der Waals surface area contributed by atoms with Crippen molar-refractivity contribution >= 4 is 28.5 Å². The molecular weight excluding hydrogens is 292 g/mol. The monoisotopic (exact) mass is 306 g/mol. The van der Waals surface area contributed by atoms with Crippen LogP contribution >= 0.6 is 0 Å². The zero-order valence-electron chi connectivity index (χ0n) is 12.4. The third-order valence-electron chi connectivity index (χ3n) is 3.50. The number of anilines is 1. The van der Waals surface area contributed by atoms with Gasteiger partial charge < -0.3 is 10.4 Å². The highest BCUT2D eigenvalue weighted by Crippen LogP contribution is 2.22. The van der Waals surface area contributed by atoms with E-state index in [1.165, 1.54) is 24.3 Å². The topological polar surface area (TPSA) is 79.3 Å². The Bertz CT molecular complexity index is 902. The summed E-state index contributed by atoms with van der Waals surface area (Å²) in [6.45, 7) is 1.89. The lowest BCUT2D eigenvalue weighted by atomic mass is 10.1. The molecule has 3 aromatic rings. The van der Waals surface area contributed by atoms with Crippen molar-refractivity contribution in [3.8, 4) is 0 Å². The van der Waals surface area contributed by atoms with E-state index >= 15 is 0 Å². The number of amides is 1. The number of aryl methyl sites for hydroxylation is 1. The fourth-order valence-electron chi connectivity index (χ4n) is 2.30. The summed E-state index contributed by atoms with van der Waals surface area (Å²) in [6.07, 6.45) is 0. The zero-order valence-corrected chi connectivity index (χ0v) is 12.4. The first kappa shape index (κ1) is 14.7. The van der Waals surface area contributed by atoms with Gasteiger partial charge >= 0.3 is 5.97 Å². The van der Waals surface area contributed by atoms with Crippen molar-refractivity contribution in [3.05, 3.63) is 71.4 Å². The van der Waals surface area contributed by atoms with Crippen LogP contribution < -0.4 is 5.32 Å². The molecule has 0 atom stereocenters. The Morgan fingerprint density at radius 1 is 0.957 bits per heavy atom. The Hall–Kier alpha value is -3.21. The van der Waals surface area contributed by atoms with Gasteiger partial charge in [-0.15, -0.1) is 0 Å². The van der Waals surface area contributed by atoms with Crippen molar-refractivity contribution in [1.29, 1.82) is 0 Å². The van der Waals surface area contributed by atoms with Crippen LogP contribution in [0.25, 0.3) is 10.9 Å². The number of carboxylic acids is 1. The number of carbonyl (C=O) groups excluding carboxylic acids is 1. The number of hydrogen-bond acceptors (Lipinski definition) is 3. The first-order valence-electron chi connectivity index (χ1n) is 7.06. The number of benzene rings is 2. The van der Waals surface area contributed by atoms with Gasteiger partial charge in [0.05, 0.1) is 16.8 Å². The van der Waals surface area contributed by atoms with Gasteiger partial charge in [0, 0.05) is 16.6 Å². The number of para-hydroxylation sites is 1. The van der Waals surface area contributed by atoms with Gasteiger partial charge in [-0.2, -0.15) is 0 Å². The molecule has 1 aromatic heterocycles. The van der Waals surface area contributed by atoms with Crippen LogP contribution in [0.2, 0.25) is 0 Å². The summed E-state index contributed by atoms with van der Waals surface area (Å²) in [5.74, 6) is -1.33. The average Bonchev–Trinajstić information content (AvgIpc) is 2.55. The van der Waals surface area contributed by atoms with E-state index in [9.17, 15) is 9.59 Å². The second-order valence-electron chi connectivity index (χ2n) is 5.17. The van der Waals surface area contributed by atoms with E-state index < -0.39 is 5.97 Å².